The van der Waals surface area contributed by atoms with Crippen molar-refractivity contribution < 1.29 is 31.9 Å². The molecule has 1 aromatic carbocycles. The third-order valence-corrected chi connectivity index (χ3v) is 7.15. The lowest BCUT2D eigenvalue weighted by atomic mass is 9.94. The summed E-state index contributed by atoms with van der Waals surface area (Å²) in [6.45, 7) is 6.69. The average molecular weight is 565 g/mol. The molecule has 0 unspecified atom stereocenters. The smallest absolute Gasteiger partial charge is 0.426 e. The van der Waals surface area contributed by atoms with Crippen LogP contribution < -0.4 is 5.32 Å². The SMILES string of the molecule is Cc1cc(NC(=O)OC(C)(C)C)c2nc1SCCCCC[C@](OCc1ccccc1)(C(F)(F)F)c1nnc-2o1. The predicted molar refractivity (Wildman–Crippen MR) is 140 cm³/mol. The summed E-state index contributed by atoms with van der Waals surface area (Å²) < 4.78 is 61.1. The number of pyridine rings is 1. The second kappa shape index (κ2) is 11.5. The van der Waals surface area contributed by atoms with Gasteiger partial charge in [0.2, 0.25) is 5.60 Å². The monoisotopic (exact) mass is 564 g/mol. The number of nitrogens with one attached hydrogen (secondary N) is 1. The van der Waals surface area contributed by atoms with Crippen LogP contribution in [0.4, 0.5) is 23.7 Å². The number of amides is 1. The van der Waals surface area contributed by atoms with E-state index in [2.05, 4.69) is 20.5 Å². The van der Waals surface area contributed by atoms with Crippen molar-refractivity contribution in [3.8, 4) is 11.6 Å². The van der Waals surface area contributed by atoms with Crippen molar-refractivity contribution >= 4 is 23.5 Å². The minimum absolute atomic E-state index is 0.0473. The standard InChI is InChI=1S/C27H31F3N4O4S/c1-17-15-19(31-24(35)38-25(2,3)4)20-21-33-34-23(37-21)26(27(28,29)30,36-16-18-11-7-5-8-12-18)13-9-6-10-14-39-22(17)32-20/h5,7-8,11-12,15H,6,9-10,13-14,16H2,1-4H3,(H,31,35)/t26-/m1/s1. The molecule has 0 aliphatic carbocycles. The number of hydrogen-bond donors (Lipinski definition) is 1. The Kier molecular flexibility index (Phi) is 8.55. The van der Waals surface area contributed by atoms with Gasteiger partial charge in [-0.15, -0.1) is 22.0 Å². The fourth-order valence-corrected chi connectivity index (χ4v) is 5.07. The molecule has 1 amide bonds. The van der Waals surface area contributed by atoms with Gasteiger partial charge in [0.15, 0.2) is 5.69 Å². The highest BCUT2D eigenvalue weighted by Crippen LogP contribution is 2.47. The lowest BCUT2D eigenvalue weighted by Crippen LogP contribution is -2.45. The highest BCUT2D eigenvalue weighted by molar-refractivity contribution is 7.99. The maximum absolute atomic E-state index is 14.8. The van der Waals surface area contributed by atoms with Gasteiger partial charge in [-0.1, -0.05) is 36.8 Å². The van der Waals surface area contributed by atoms with Crippen LogP contribution in [-0.4, -0.2) is 38.8 Å². The van der Waals surface area contributed by atoms with E-state index in [-0.39, 0.29) is 36.7 Å². The van der Waals surface area contributed by atoms with Crippen LogP contribution in [-0.2, 0) is 21.7 Å². The summed E-state index contributed by atoms with van der Waals surface area (Å²) in [6.07, 6.45) is -4.52. The fraction of sp³-hybridized carbons (Fsp3) is 0.481. The molecule has 1 N–H and O–H groups in total. The van der Waals surface area contributed by atoms with Gasteiger partial charge in [-0.3, -0.25) is 5.32 Å². The predicted octanol–water partition coefficient (Wildman–Crippen LogP) is 7.43. The Morgan fingerprint density at radius 2 is 1.87 bits per heavy atom. The molecule has 1 aliphatic rings. The van der Waals surface area contributed by atoms with Crippen LogP contribution in [0.2, 0.25) is 0 Å². The minimum Gasteiger partial charge on any atom is -0.444 e. The van der Waals surface area contributed by atoms with Crippen molar-refractivity contribution in [1.82, 2.24) is 15.2 Å². The first-order chi connectivity index (χ1) is 18.4. The molecule has 3 aromatic rings. The van der Waals surface area contributed by atoms with Gasteiger partial charge in [-0.2, -0.15) is 13.2 Å². The first-order valence-electron chi connectivity index (χ1n) is 12.6. The number of halogens is 3. The van der Waals surface area contributed by atoms with Gasteiger partial charge < -0.3 is 13.9 Å². The lowest BCUT2D eigenvalue weighted by Gasteiger charge is -2.32. The molecule has 3 heterocycles. The van der Waals surface area contributed by atoms with Gasteiger partial charge >= 0.3 is 12.3 Å². The summed E-state index contributed by atoms with van der Waals surface area (Å²) in [6, 6.07) is 10.3. The van der Waals surface area contributed by atoms with Gasteiger partial charge in [-0.05, 0) is 69.9 Å². The molecule has 1 atom stereocenters. The van der Waals surface area contributed by atoms with E-state index in [1.165, 1.54) is 11.8 Å². The Labute approximate surface area is 229 Å². The number of aromatic nitrogens is 3. The zero-order valence-electron chi connectivity index (χ0n) is 22.2. The quantitative estimate of drug-likeness (QED) is 0.349. The van der Waals surface area contributed by atoms with Crippen LogP contribution in [0.5, 0.6) is 0 Å². The molecule has 8 nitrogen and oxygen atoms in total. The molecule has 4 rings (SSSR count). The number of rotatable bonds is 4. The number of ether oxygens (including phenoxy) is 2. The van der Waals surface area contributed by atoms with Crippen molar-refractivity contribution in [2.75, 3.05) is 11.1 Å². The molecule has 2 aromatic heterocycles. The number of alkyl halides is 3. The van der Waals surface area contributed by atoms with E-state index in [0.717, 1.165) is 5.56 Å². The fourth-order valence-electron chi connectivity index (χ4n) is 4.08. The molecule has 0 saturated heterocycles. The summed E-state index contributed by atoms with van der Waals surface area (Å²) in [5.74, 6) is -0.321. The Morgan fingerprint density at radius 3 is 2.56 bits per heavy atom. The largest absolute Gasteiger partial charge is 0.444 e. The Hall–Kier alpha value is -3.12. The molecule has 39 heavy (non-hydrogen) atoms. The lowest BCUT2D eigenvalue weighted by molar-refractivity contribution is -0.300. The maximum Gasteiger partial charge on any atom is 0.426 e. The first-order valence-corrected chi connectivity index (χ1v) is 13.6. The van der Waals surface area contributed by atoms with Crippen LogP contribution in [0.25, 0.3) is 11.6 Å². The molecule has 0 spiro atoms. The van der Waals surface area contributed by atoms with Gasteiger partial charge in [-0.25, -0.2) is 9.78 Å². The zero-order valence-corrected chi connectivity index (χ0v) is 23.0. The third kappa shape index (κ3) is 6.91. The first kappa shape index (κ1) is 28.9. The maximum atomic E-state index is 14.8. The number of thioether (sulfide) groups is 1. The van der Waals surface area contributed by atoms with E-state index >= 15 is 0 Å². The molecule has 1 aliphatic heterocycles. The summed E-state index contributed by atoms with van der Waals surface area (Å²) in [5.41, 5.74) is -2.00. The summed E-state index contributed by atoms with van der Waals surface area (Å²) in [4.78, 5) is 17.2. The van der Waals surface area contributed by atoms with Crippen LogP contribution in [0.1, 0.15) is 63.5 Å². The summed E-state index contributed by atoms with van der Waals surface area (Å²) >= 11 is 1.48. The highest BCUT2D eigenvalue weighted by atomic mass is 32.2. The van der Waals surface area contributed by atoms with Crippen LogP contribution >= 0.6 is 11.8 Å². The zero-order chi connectivity index (χ0) is 28.3. The molecule has 0 radical (unpaired) electrons. The van der Waals surface area contributed by atoms with Gasteiger partial charge in [0.1, 0.15) is 5.60 Å². The molecular weight excluding hydrogens is 533 g/mol. The number of anilines is 1. The number of carbonyl (C=O) groups excluding carboxylic acids is 1. The van der Waals surface area contributed by atoms with Crippen LogP contribution in [0.3, 0.4) is 0 Å². The number of carbonyl (C=O) groups is 1. The van der Waals surface area contributed by atoms with E-state index in [1.807, 2.05) is 6.92 Å². The molecule has 12 heteroatoms. The van der Waals surface area contributed by atoms with Crippen molar-refractivity contribution in [1.29, 1.82) is 0 Å². The number of fused-ring (bicyclic) bond motifs is 5. The van der Waals surface area contributed by atoms with Crippen molar-refractivity contribution in [3.63, 3.8) is 0 Å². The topological polar surface area (TPSA) is 99.4 Å². The number of hydrogen-bond acceptors (Lipinski definition) is 8. The second-order valence-corrected chi connectivity index (χ2v) is 11.4. The third-order valence-electron chi connectivity index (χ3n) is 5.97. The van der Waals surface area contributed by atoms with E-state index in [1.54, 1.807) is 57.2 Å². The van der Waals surface area contributed by atoms with E-state index < -0.39 is 29.4 Å². The molecule has 0 fully saturated rings. The molecular formula is C27H31F3N4O4S. The number of aryl methyl sites for hydroxylation is 1. The summed E-state index contributed by atoms with van der Waals surface area (Å²) in [7, 11) is 0. The Morgan fingerprint density at radius 1 is 1.13 bits per heavy atom. The van der Waals surface area contributed by atoms with E-state index in [0.29, 0.717) is 29.2 Å². The highest BCUT2D eigenvalue weighted by Gasteiger charge is 2.61. The normalized spacial score (nSPS) is 18.4. The molecule has 210 valence electrons. The van der Waals surface area contributed by atoms with Gasteiger partial charge in [0, 0.05) is 0 Å². The molecule has 0 saturated carbocycles. The van der Waals surface area contributed by atoms with E-state index in [4.69, 9.17) is 13.9 Å². The van der Waals surface area contributed by atoms with Crippen molar-refractivity contribution in [3.05, 3.63) is 53.4 Å². The van der Waals surface area contributed by atoms with Crippen molar-refractivity contribution in [2.24, 2.45) is 0 Å². The second-order valence-electron chi connectivity index (χ2n) is 10.3. The summed E-state index contributed by atoms with van der Waals surface area (Å²) in [5, 5.41) is 11.0. The van der Waals surface area contributed by atoms with Gasteiger partial charge in [0.05, 0.1) is 17.3 Å². The number of benzene rings is 1. The minimum atomic E-state index is -4.84. The van der Waals surface area contributed by atoms with Crippen LogP contribution in [0, 0.1) is 6.92 Å². The Bertz CT molecular complexity index is 1290. The molecule has 4 bridgehead atoms. The number of nitrogens with zero attached hydrogens (tertiary/aromatic N) is 3. The van der Waals surface area contributed by atoms with E-state index in [9.17, 15) is 18.0 Å². The van der Waals surface area contributed by atoms with Gasteiger partial charge in [0.25, 0.3) is 11.8 Å². The Balaban J connectivity index is 1.79. The average Bonchev–Trinajstić information content (AvgIpc) is 3.33. The van der Waals surface area contributed by atoms with Crippen LogP contribution in [0.15, 0.2) is 45.8 Å². The van der Waals surface area contributed by atoms with Crippen molar-refractivity contribution in [2.45, 2.75) is 82.4 Å².